The summed E-state index contributed by atoms with van der Waals surface area (Å²) in [6.07, 6.45) is 2.64. The highest BCUT2D eigenvalue weighted by Crippen LogP contribution is 2.37. The molecule has 2 aliphatic rings. The topological polar surface area (TPSA) is 15.3 Å². The van der Waals surface area contributed by atoms with Crippen LogP contribution in [0, 0.1) is 5.92 Å². The highest BCUT2D eigenvalue weighted by Gasteiger charge is 2.27. The third-order valence-corrected chi connectivity index (χ3v) is 4.32. The predicted molar refractivity (Wildman–Crippen MR) is 72.7 cm³/mol. The van der Waals surface area contributed by atoms with Crippen molar-refractivity contribution in [2.24, 2.45) is 5.92 Å². The highest BCUT2D eigenvalue weighted by atomic mass is 15.2. The van der Waals surface area contributed by atoms with Gasteiger partial charge in [-0.05, 0) is 49.4 Å². The molecule has 0 bridgehead atoms. The molecule has 1 N–H and O–H groups in total. The van der Waals surface area contributed by atoms with E-state index in [1.54, 1.807) is 5.56 Å². The largest absolute Gasteiger partial charge is 0.371 e. The molecule has 1 unspecified atom stereocenters. The molecule has 0 aliphatic carbocycles. The van der Waals surface area contributed by atoms with Crippen LogP contribution in [0.2, 0.25) is 0 Å². The van der Waals surface area contributed by atoms with Gasteiger partial charge in [-0.2, -0.15) is 0 Å². The zero-order valence-electron chi connectivity index (χ0n) is 10.7. The van der Waals surface area contributed by atoms with Crippen LogP contribution in [0.25, 0.3) is 0 Å². The van der Waals surface area contributed by atoms with Crippen LogP contribution in [0.5, 0.6) is 0 Å². The first-order valence-electron chi connectivity index (χ1n) is 6.91. The van der Waals surface area contributed by atoms with Crippen molar-refractivity contribution in [3.8, 4) is 0 Å². The Morgan fingerprint density at radius 2 is 2.06 bits per heavy atom. The van der Waals surface area contributed by atoms with E-state index in [9.17, 15) is 0 Å². The number of rotatable bonds is 2. The molecule has 2 saturated heterocycles. The van der Waals surface area contributed by atoms with E-state index in [2.05, 4.69) is 41.4 Å². The van der Waals surface area contributed by atoms with E-state index in [-0.39, 0.29) is 0 Å². The van der Waals surface area contributed by atoms with Crippen LogP contribution in [0.1, 0.15) is 31.2 Å². The van der Waals surface area contributed by atoms with Gasteiger partial charge in [-0.25, -0.2) is 0 Å². The van der Waals surface area contributed by atoms with Crippen LogP contribution in [0.15, 0.2) is 24.3 Å². The fourth-order valence-corrected chi connectivity index (χ4v) is 3.12. The van der Waals surface area contributed by atoms with Crippen LogP contribution in [-0.2, 0) is 0 Å². The summed E-state index contributed by atoms with van der Waals surface area (Å²) in [6, 6.07) is 9.04. The second-order valence-electron chi connectivity index (χ2n) is 5.48. The normalized spacial score (nSPS) is 28.9. The third-order valence-electron chi connectivity index (χ3n) is 4.32. The molecule has 0 amide bonds. The Balaban J connectivity index is 1.89. The number of nitrogens with zero attached hydrogens (tertiary/aromatic N) is 1. The summed E-state index contributed by atoms with van der Waals surface area (Å²) < 4.78 is 0. The molecular weight excluding hydrogens is 208 g/mol. The number of hydrogen-bond donors (Lipinski definition) is 1. The summed E-state index contributed by atoms with van der Waals surface area (Å²) in [7, 11) is 0. The molecule has 3 rings (SSSR count). The quantitative estimate of drug-likeness (QED) is 0.840. The zero-order valence-corrected chi connectivity index (χ0v) is 10.7. The van der Waals surface area contributed by atoms with E-state index in [1.807, 2.05) is 0 Å². The zero-order chi connectivity index (χ0) is 11.7. The Morgan fingerprint density at radius 3 is 2.76 bits per heavy atom. The van der Waals surface area contributed by atoms with Gasteiger partial charge in [-0.1, -0.05) is 25.1 Å². The van der Waals surface area contributed by atoms with Gasteiger partial charge >= 0.3 is 0 Å². The van der Waals surface area contributed by atoms with Crippen molar-refractivity contribution < 1.29 is 0 Å². The second-order valence-corrected chi connectivity index (χ2v) is 5.48. The van der Waals surface area contributed by atoms with Crippen LogP contribution < -0.4 is 10.2 Å². The van der Waals surface area contributed by atoms with Crippen molar-refractivity contribution in [2.45, 2.75) is 25.7 Å². The summed E-state index contributed by atoms with van der Waals surface area (Å²) in [4.78, 5) is 2.53. The minimum atomic E-state index is 0.744. The van der Waals surface area contributed by atoms with E-state index in [0.717, 1.165) is 11.8 Å². The lowest BCUT2D eigenvalue weighted by Crippen LogP contribution is -2.39. The van der Waals surface area contributed by atoms with Crippen molar-refractivity contribution in [3.05, 3.63) is 29.8 Å². The summed E-state index contributed by atoms with van der Waals surface area (Å²) in [5, 5.41) is 3.50. The first kappa shape index (κ1) is 11.1. The van der Waals surface area contributed by atoms with Gasteiger partial charge in [0, 0.05) is 18.8 Å². The lowest BCUT2D eigenvalue weighted by molar-refractivity contribution is 0.349. The van der Waals surface area contributed by atoms with Gasteiger partial charge < -0.3 is 10.2 Å². The van der Waals surface area contributed by atoms with E-state index in [4.69, 9.17) is 0 Å². The van der Waals surface area contributed by atoms with Crippen molar-refractivity contribution in [1.29, 1.82) is 0 Å². The molecule has 2 nitrogen and oxygen atoms in total. The van der Waals surface area contributed by atoms with E-state index < -0.39 is 0 Å². The monoisotopic (exact) mass is 230 g/mol. The molecule has 0 spiro atoms. The van der Waals surface area contributed by atoms with Crippen LogP contribution in [0.3, 0.4) is 0 Å². The number of piperidine rings is 1. The van der Waals surface area contributed by atoms with Gasteiger partial charge in [0.1, 0.15) is 0 Å². The Hall–Kier alpha value is -1.02. The van der Waals surface area contributed by atoms with Crippen molar-refractivity contribution in [1.82, 2.24) is 5.32 Å². The second kappa shape index (κ2) is 4.69. The molecule has 0 radical (unpaired) electrons. The summed E-state index contributed by atoms with van der Waals surface area (Å²) in [6.45, 7) is 7.21. The fourth-order valence-electron chi connectivity index (χ4n) is 3.12. The molecule has 1 aromatic carbocycles. The summed E-state index contributed by atoms with van der Waals surface area (Å²) >= 11 is 0. The van der Waals surface area contributed by atoms with Crippen LogP contribution in [-0.4, -0.2) is 26.2 Å². The highest BCUT2D eigenvalue weighted by molar-refractivity contribution is 5.56. The maximum Gasteiger partial charge on any atom is 0.0401 e. The smallest absolute Gasteiger partial charge is 0.0401 e. The summed E-state index contributed by atoms with van der Waals surface area (Å²) in [5.74, 6) is 1.50. The number of anilines is 1. The molecule has 2 heterocycles. The number of para-hydroxylation sites is 1. The standard InChI is InChI=1S/C15H22N2/c1-12-11-16-8-7-13(12)14-5-2-3-6-15(14)17-9-4-10-17/h2-3,5-6,12-13,16H,4,7-11H2,1H3/t12-,13?/m1/s1. The first-order valence-corrected chi connectivity index (χ1v) is 6.91. The average molecular weight is 230 g/mol. The molecule has 1 aromatic rings. The van der Waals surface area contributed by atoms with Gasteiger partial charge in [-0.15, -0.1) is 0 Å². The van der Waals surface area contributed by atoms with Crippen molar-refractivity contribution >= 4 is 5.69 Å². The maximum absolute atomic E-state index is 3.50. The minimum Gasteiger partial charge on any atom is -0.371 e. The molecular formula is C15H22N2. The van der Waals surface area contributed by atoms with E-state index >= 15 is 0 Å². The van der Waals surface area contributed by atoms with Crippen molar-refractivity contribution in [3.63, 3.8) is 0 Å². The van der Waals surface area contributed by atoms with E-state index in [1.165, 1.54) is 44.7 Å². The third kappa shape index (κ3) is 2.06. The molecule has 2 aliphatic heterocycles. The Morgan fingerprint density at radius 1 is 1.24 bits per heavy atom. The number of hydrogen-bond acceptors (Lipinski definition) is 2. The lowest BCUT2D eigenvalue weighted by Gasteiger charge is -2.38. The van der Waals surface area contributed by atoms with Crippen LogP contribution in [0.4, 0.5) is 5.69 Å². The fraction of sp³-hybridized carbons (Fsp3) is 0.600. The Kier molecular flexibility index (Phi) is 3.06. The molecule has 92 valence electrons. The minimum absolute atomic E-state index is 0.744. The van der Waals surface area contributed by atoms with Gasteiger partial charge in [0.05, 0.1) is 0 Å². The maximum atomic E-state index is 3.50. The molecule has 0 saturated carbocycles. The number of benzene rings is 1. The molecule has 0 aromatic heterocycles. The van der Waals surface area contributed by atoms with Gasteiger partial charge in [-0.3, -0.25) is 0 Å². The van der Waals surface area contributed by atoms with Gasteiger partial charge in [0.15, 0.2) is 0 Å². The molecule has 2 heteroatoms. The van der Waals surface area contributed by atoms with Crippen molar-refractivity contribution in [2.75, 3.05) is 31.1 Å². The SMILES string of the molecule is C[C@@H]1CNCCC1c1ccccc1N1CCC1. The molecule has 2 fully saturated rings. The average Bonchev–Trinajstić information content (AvgIpc) is 2.29. The molecule has 17 heavy (non-hydrogen) atoms. The van der Waals surface area contributed by atoms with Gasteiger partial charge in [0.2, 0.25) is 0 Å². The molecule has 2 atom stereocenters. The van der Waals surface area contributed by atoms with E-state index in [0.29, 0.717) is 0 Å². The Labute approximate surface area is 104 Å². The number of nitrogens with one attached hydrogen (secondary N) is 1. The predicted octanol–water partition coefficient (Wildman–Crippen LogP) is 2.61. The lowest BCUT2D eigenvalue weighted by atomic mass is 9.81. The Bertz CT molecular complexity index is 384. The van der Waals surface area contributed by atoms with Crippen LogP contribution >= 0.6 is 0 Å². The first-order chi connectivity index (χ1) is 8.36. The van der Waals surface area contributed by atoms with Gasteiger partial charge in [0.25, 0.3) is 0 Å². The summed E-state index contributed by atoms with van der Waals surface area (Å²) in [5.41, 5.74) is 3.08.